The number of aryl methyl sites for hydroxylation is 1. The number of rotatable bonds is 1. The van der Waals surface area contributed by atoms with Crippen molar-refractivity contribution in [2.24, 2.45) is 0 Å². The van der Waals surface area contributed by atoms with E-state index in [1.54, 1.807) is 0 Å². The number of benzene rings is 2. The second-order valence-corrected chi connectivity index (χ2v) is 5.38. The van der Waals surface area contributed by atoms with Crippen LogP contribution in [0.15, 0.2) is 33.9 Å². The van der Waals surface area contributed by atoms with Crippen molar-refractivity contribution in [3.63, 3.8) is 0 Å². The molecule has 3 aromatic rings. The molecule has 0 amide bonds. The summed E-state index contributed by atoms with van der Waals surface area (Å²) >= 11 is 0. The van der Waals surface area contributed by atoms with Gasteiger partial charge in [0.25, 0.3) is 5.56 Å². The van der Waals surface area contributed by atoms with Gasteiger partial charge in [-0.3, -0.25) is 9.78 Å². The van der Waals surface area contributed by atoms with E-state index in [1.165, 1.54) is 6.92 Å². The van der Waals surface area contributed by atoms with Crippen molar-refractivity contribution in [3.05, 3.63) is 67.9 Å². The van der Waals surface area contributed by atoms with Crippen molar-refractivity contribution in [2.75, 3.05) is 0 Å². The fraction of sp³-hybridized carbons (Fsp3) is 0.222. The normalized spacial score (nSPS) is 11.3. The van der Waals surface area contributed by atoms with E-state index >= 15 is 0 Å². The zero-order chi connectivity index (χ0) is 20.5. The largest absolute Gasteiger partial charge is 0.417 e. The molecule has 0 saturated carbocycles. The summed E-state index contributed by atoms with van der Waals surface area (Å²) in [4.78, 5) is 27.3. The van der Waals surface area contributed by atoms with Gasteiger partial charge in [-0.2, -0.15) is 13.2 Å². The highest BCUT2D eigenvalue weighted by molar-refractivity contribution is 5.90. The Morgan fingerprint density at radius 3 is 2.15 bits per heavy atom. The number of alkyl halides is 3. The van der Waals surface area contributed by atoms with E-state index in [2.05, 4.69) is 4.98 Å². The lowest BCUT2D eigenvalue weighted by atomic mass is 9.92. The quantitative estimate of drug-likeness (QED) is 0.604. The van der Waals surface area contributed by atoms with Crippen molar-refractivity contribution in [1.29, 1.82) is 0 Å². The molecule has 0 atom stereocenters. The van der Waals surface area contributed by atoms with E-state index in [1.807, 2.05) is 18.8 Å². The first-order valence-electron chi connectivity index (χ1n) is 7.92. The van der Waals surface area contributed by atoms with Crippen LogP contribution in [-0.2, 0) is 6.18 Å². The van der Waals surface area contributed by atoms with Crippen LogP contribution in [0.25, 0.3) is 22.0 Å². The van der Waals surface area contributed by atoms with Crippen LogP contribution in [0, 0.1) is 18.6 Å². The summed E-state index contributed by atoms with van der Waals surface area (Å²) in [5, 5.41) is -0.393. The van der Waals surface area contributed by atoms with Crippen molar-refractivity contribution in [1.82, 2.24) is 9.97 Å². The molecule has 0 aliphatic rings. The van der Waals surface area contributed by atoms with E-state index in [0.717, 1.165) is 12.1 Å². The van der Waals surface area contributed by atoms with Gasteiger partial charge in [-0.15, -0.1) is 0 Å². The molecular formula is C18H15F5N2O2. The molecule has 0 bridgehead atoms. The van der Waals surface area contributed by atoms with Crippen LogP contribution in [0.1, 0.15) is 25.0 Å². The van der Waals surface area contributed by atoms with Gasteiger partial charge in [0.05, 0.1) is 16.5 Å². The maximum atomic E-state index is 14.1. The standard InChI is InChI=1S/C16H9F5N2O2.C2H6/c1-6-12(8-3-2-7(17)4-11(8)18)10(16(19,20)21)5-9-13(6)22-15(25)23-14(9)24;1-2/h2-5H,1H3,(H2,22,23,24,25);1-2H3. The molecule has 2 N–H and O–H groups in total. The third kappa shape index (κ3) is 3.76. The number of hydrogen-bond acceptors (Lipinski definition) is 2. The van der Waals surface area contributed by atoms with Crippen molar-refractivity contribution in [3.8, 4) is 11.1 Å². The molecule has 0 spiro atoms. The number of aromatic nitrogens is 2. The average molecular weight is 386 g/mol. The van der Waals surface area contributed by atoms with Gasteiger partial charge >= 0.3 is 11.9 Å². The van der Waals surface area contributed by atoms with Crippen molar-refractivity contribution >= 4 is 10.9 Å². The molecular weight excluding hydrogens is 371 g/mol. The number of halogens is 5. The van der Waals surface area contributed by atoms with E-state index in [9.17, 15) is 31.5 Å². The van der Waals surface area contributed by atoms with Gasteiger partial charge < -0.3 is 4.98 Å². The second kappa shape index (κ2) is 7.34. The van der Waals surface area contributed by atoms with Gasteiger partial charge in [0.2, 0.25) is 0 Å². The maximum Gasteiger partial charge on any atom is 0.417 e. The number of nitrogens with one attached hydrogen (secondary N) is 2. The molecule has 3 rings (SSSR count). The molecule has 9 heteroatoms. The fourth-order valence-corrected chi connectivity index (χ4v) is 2.74. The highest BCUT2D eigenvalue weighted by Crippen LogP contribution is 2.41. The Bertz CT molecular complexity index is 1110. The molecule has 4 nitrogen and oxygen atoms in total. The summed E-state index contributed by atoms with van der Waals surface area (Å²) in [6.45, 7) is 5.21. The molecule has 0 aliphatic heterocycles. The molecule has 2 aromatic carbocycles. The molecule has 0 unspecified atom stereocenters. The molecule has 0 aliphatic carbocycles. The Balaban J connectivity index is 0.00000126. The molecule has 144 valence electrons. The van der Waals surface area contributed by atoms with Gasteiger partial charge in [0.1, 0.15) is 11.6 Å². The highest BCUT2D eigenvalue weighted by atomic mass is 19.4. The Morgan fingerprint density at radius 1 is 0.963 bits per heavy atom. The topological polar surface area (TPSA) is 65.7 Å². The number of H-pyrrole nitrogens is 2. The fourth-order valence-electron chi connectivity index (χ4n) is 2.74. The summed E-state index contributed by atoms with van der Waals surface area (Å²) in [7, 11) is 0. The van der Waals surface area contributed by atoms with Crippen LogP contribution in [0.5, 0.6) is 0 Å². The van der Waals surface area contributed by atoms with E-state index in [0.29, 0.717) is 12.1 Å². The Morgan fingerprint density at radius 2 is 1.59 bits per heavy atom. The summed E-state index contributed by atoms with van der Waals surface area (Å²) < 4.78 is 67.6. The number of fused-ring (bicyclic) bond motifs is 1. The molecule has 0 saturated heterocycles. The Labute approximate surface area is 149 Å². The minimum atomic E-state index is -4.91. The van der Waals surface area contributed by atoms with Crippen LogP contribution in [0.2, 0.25) is 0 Å². The first kappa shape index (κ1) is 20.3. The van der Waals surface area contributed by atoms with Gasteiger partial charge in [-0.25, -0.2) is 13.6 Å². The number of aromatic amines is 2. The highest BCUT2D eigenvalue weighted by Gasteiger charge is 2.36. The Hall–Kier alpha value is -2.97. The second-order valence-electron chi connectivity index (χ2n) is 5.38. The lowest BCUT2D eigenvalue weighted by molar-refractivity contribution is -0.137. The SMILES string of the molecule is CC.Cc1c(-c2ccc(F)cc2F)c(C(F)(F)F)cc2c(=O)[nH]c(=O)[nH]c12. The first-order chi connectivity index (χ1) is 12.6. The van der Waals surface area contributed by atoms with Gasteiger partial charge in [0.15, 0.2) is 0 Å². The minimum absolute atomic E-state index is 0.152. The predicted octanol–water partition coefficient (Wildman–Crippen LogP) is 4.52. The molecule has 1 aromatic heterocycles. The van der Waals surface area contributed by atoms with E-state index in [-0.39, 0.29) is 11.1 Å². The summed E-state index contributed by atoms with van der Waals surface area (Å²) in [6.07, 6.45) is -4.91. The van der Waals surface area contributed by atoms with Crippen LogP contribution in [0.4, 0.5) is 22.0 Å². The monoisotopic (exact) mass is 386 g/mol. The van der Waals surface area contributed by atoms with Gasteiger partial charge in [-0.05, 0) is 30.7 Å². The van der Waals surface area contributed by atoms with E-state index < -0.39 is 51.1 Å². The first-order valence-corrected chi connectivity index (χ1v) is 7.92. The van der Waals surface area contributed by atoms with Gasteiger partial charge in [-0.1, -0.05) is 13.8 Å². The lowest BCUT2D eigenvalue weighted by Crippen LogP contribution is -2.23. The zero-order valence-electron chi connectivity index (χ0n) is 14.5. The van der Waals surface area contributed by atoms with Crippen molar-refractivity contribution < 1.29 is 22.0 Å². The summed E-state index contributed by atoms with van der Waals surface area (Å²) in [5.74, 6) is -2.14. The lowest BCUT2D eigenvalue weighted by Gasteiger charge is -2.18. The van der Waals surface area contributed by atoms with Crippen LogP contribution in [0.3, 0.4) is 0 Å². The average Bonchev–Trinajstić information content (AvgIpc) is 2.57. The maximum absolute atomic E-state index is 14.1. The summed E-state index contributed by atoms with van der Waals surface area (Å²) in [5.41, 5.74) is -4.54. The molecule has 0 fully saturated rings. The third-order valence-corrected chi connectivity index (χ3v) is 3.79. The molecule has 0 radical (unpaired) electrons. The number of hydrogen-bond donors (Lipinski definition) is 2. The van der Waals surface area contributed by atoms with Gasteiger partial charge in [0, 0.05) is 17.2 Å². The Kier molecular flexibility index (Phi) is 5.53. The smallest absolute Gasteiger partial charge is 0.307 e. The predicted molar refractivity (Wildman–Crippen MR) is 91.6 cm³/mol. The van der Waals surface area contributed by atoms with Crippen LogP contribution in [-0.4, -0.2) is 9.97 Å². The van der Waals surface area contributed by atoms with E-state index in [4.69, 9.17) is 0 Å². The zero-order valence-corrected chi connectivity index (χ0v) is 14.5. The minimum Gasteiger partial charge on any atom is -0.307 e. The van der Waals surface area contributed by atoms with Crippen LogP contribution < -0.4 is 11.2 Å². The third-order valence-electron chi connectivity index (χ3n) is 3.79. The summed E-state index contributed by atoms with van der Waals surface area (Å²) in [6, 6.07) is 2.69. The van der Waals surface area contributed by atoms with Crippen LogP contribution >= 0.6 is 0 Å². The van der Waals surface area contributed by atoms with Crippen molar-refractivity contribution in [2.45, 2.75) is 26.9 Å². The molecule has 27 heavy (non-hydrogen) atoms. The molecule has 1 heterocycles.